The molecular formula is C12H16ClNO3S. The van der Waals surface area contributed by atoms with Crippen molar-refractivity contribution < 1.29 is 14.7 Å². The molecule has 2 N–H and O–H groups in total. The van der Waals surface area contributed by atoms with E-state index in [0.717, 1.165) is 4.88 Å². The van der Waals surface area contributed by atoms with Crippen molar-refractivity contribution in [3.63, 3.8) is 0 Å². The van der Waals surface area contributed by atoms with Gasteiger partial charge in [0.25, 0.3) is 0 Å². The predicted molar refractivity (Wildman–Crippen MR) is 72.1 cm³/mol. The Kier molecular flexibility index (Phi) is 5.62. The number of carboxylic acid groups (broad SMARTS) is 1. The van der Waals surface area contributed by atoms with Crippen LogP contribution in [-0.2, 0) is 16.0 Å². The van der Waals surface area contributed by atoms with Gasteiger partial charge in [0, 0.05) is 22.7 Å². The van der Waals surface area contributed by atoms with Crippen molar-refractivity contribution in [2.75, 3.05) is 0 Å². The molecule has 0 fully saturated rings. The summed E-state index contributed by atoms with van der Waals surface area (Å²) < 4.78 is 0. The van der Waals surface area contributed by atoms with Gasteiger partial charge in [0.2, 0.25) is 5.91 Å². The Morgan fingerprint density at radius 1 is 1.50 bits per heavy atom. The number of amides is 1. The highest BCUT2D eigenvalue weighted by Crippen LogP contribution is 2.20. The summed E-state index contributed by atoms with van der Waals surface area (Å²) in [5, 5.41) is 14.0. The molecule has 6 heteroatoms. The summed E-state index contributed by atoms with van der Waals surface area (Å²) in [5.74, 6) is -1.64. The molecular weight excluding hydrogens is 274 g/mol. The number of carboxylic acids is 1. The zero-order chi connectivity index (χ0) is 13.7. The summed E-state index contributed by atoms with van der Waals surface area (Å²) in [6.07, 6.45) is 0.963. The quantitative estimate of drug-likeness (QED) is 0.846. The number of nitrogens with one attached hydrogen (secondary N) is 1. The molecule has 1 heterocycles. The molecule has 1 aromatic heterocycles. The molecule has 0 aliphatic rings. The van der Waals surface area contributed by atoms with Crippen LogP contribution in [0.3, 0.4) is 0 Å². The Morgan fingerprint density at radius 3 is 2.67 bits per heavy atom. The predicted octanol–water partition coefficient (Wildman–Crippen LogP) is 2.56. The van der Waals surface area contributed by atoms with Crippen LogP contribution >= 0.6 is 22.9 Å². The molecule has 0 bridgehead atoms. The van der Waals surface area contributed by atoms with E-state index in [1.165, 1.54) is 11.3 Å². The molecule has 18 heavy (non-hydrogen) atoms. The van der Waals surface area contributed by atoms with Gasteiger partial charge in [0.15, 0.2) is 0 Å². The summed E-state index contributed by atoms with van der Waals surface area (Å²) in [6, 6.07) is 1.46. The second kappa shape index (κ2) is 6.75. The van der Waals surface area contributed by atoms with Gasteiger partial charge in [-0.15, -0.1) is 11.3 Å². The van der Waals surface area contributed by atoms with Crippen molar-refractivity contribution in [2.24, 2.45) is 5.92 Å². The third-order valence-corrected chi connectivity index (χ3v) is 4.09. The summed E-state index contributed by atoms with van der Waals surface area (Å²) in [4.78, 5) is 23.4. The SMILES string of the molecule is CC(NC(=O)CCc1cc(Cl)cs1)C(C)C(=O)O. The Hall–Kier alpha value is -1.07. The van der Waals surface area contributed by atoms with Gasteiger partial charge >= 0.3 is 5.97 Å². The minimum Gasteiger partial charge on any atom is -0.481 e. The molecule has 1 amide bonds. The molecule has 2 atom stereocenters. The van der Waals surface area contributed by atoms with Gasteiger partial charge < -0.3 is 10.4 Å². The molecule has 0 saturated heterocycles. The smallest absolute Gasteiger partial charge is 0.308 e. The molecule has 1 aromatic rings. The first kappa shape index (κ1) is 15.0. The summed E-state index contributed by atoms with van der Waals surface area (Å²) in [6.45, 7) is 3.27. The van der Waals surface area contributed by atoms with Crippen molar-refractivity contribution in [2.45, 2.75) is 32.7 Å². The number of carbonyl (C=O) groups is 2. The average molecular weight is 290 g/mol. The maximum atomic E-state index is 11.6. The third kappa shape index (κ3) is 4.66. The largest absolute Gasteiger partial charge is 0.481 e. The minimum atomic E-state index is -0.909. The van der Waals surface area contributed by atoms with Crippen molar-refractivity contribution in [3.05, 3.63) is 21.3 Å². The van der Waals surface area contributed by atoms with E-state index in [9.17, 15) is 9.59 Å². The van der Waals surface area contributed by atoms with Crippen molar-refractivity contribution in [1.29, 1.82) is 0 Å². The average Bonchev–Trinajstić information content (AvgIpc) is 2.71. The lowest BCUT2D eigenvalue weighted by Crippen LogP contribution is -2.40. The molecule has 0 aromatic carbocycles. The number of hydrogen-bond donors (Lipinski definition) is 2. The molecule has 0 spiro atoms. The maximum Gasteiger partial charge on any atom is 0.308 e. The van der Waals surface area contributed by atoms with E-state index in [2.05, 4.69) is 5.32 Å². The van der Waals surface area contributed by atoms with Crippen LogP contribution < -0.4 is 5.32 Å². The first-order valence-electron chi connectivity index (χ1n) is 5.65. The number of carbonyl (C=O) groups excluding carboxylic acids is 1. The van der Waals surface area contributed by atoms with E-state index >= 15 is 0 Å². The zero-order valence-electron chi connectivity index (χ0n) is 10.3. The lowest BCUT2D eigenvalue weighted by molar-refractivity contribution is -0.142. The van der Waals surface area contributed by atoms with E-state index in [-0.39, 0.29) is 11.9 Å². The number of thiophene rings is 1. The maximum absolute atomic E-state index is 11.6. The number of hydrogen-bond acceptors (Lipinski definition) is 3. The van der Waals surface area contributed by atoms with Gasteiger partial charge in [0.1, 0.15) is 0 Å². The van der Waals surface area contributed by atoms with E-state index in [1.807, 2.05) is 11.4 Å². The van der Waals surface area contributed by atoms with Gasteiger partial charge in [-0.2, -0.15) is 0 Å². The van der Waals surface area contributed by atoms with Crippen LogP contribution in [0.2, 0.25) is 5.02 Å². The Bertz CT molecular complexity index is 433. The summed E-state index contributed by atoms with van der Waals surface area (Å²) in [7, 11) is 0. The van der Waals surface area contributed by atoms with Crippen LogP contribution in [0.5, 0.6) is 0 Å². The fourth-order valence-electron chi connectivity index (χ4n) is 1.39. The number of rotatable bonds is 6. The molecule has 4 nitrogen and oxygen atoms in total. The lowest BCUT2D eigenvalue weighted by Gasteiger charge is -2.17. The molecule has 0 saturated carbocycles. The van der Waals surface area contributed by atoms with E-state index in [1.54, 1.807) is 13.8 Å². The van der Waals surface area contributed by atoms with Gasteiger partial charge in [0.05, 0.1) is 10.9 Å². The first-order valence-corrected chi connectivity index (χ1v) is 6.91. The van der Waals surface area contributed by atoms with Crippen molar-refractivity contribution in [3.8, 4) is 0 Å². The monoisotopic (exact) mass is 289 g/mol. The fraction of sp³-hybridized carbons (Fsp3) is 0.500. The highest BCUT2D eigenvalue weighted by atomic mass is 35.5. The van der Waals surface area contributed by atoms with Crippen LogP contribution in [0.15, 0.2) is 11.4 Å². The Balaban J connectivity index is 2.35. The Labute approximate surface area is 115 Å². The number of aryl methyl sites for hydroxylation is 1. The van der Waals surface area contributed by atoms with E-state index in [4.69, 9.17) is 16.7 Å². The fourth-order valence-corrected chi connectivity index (χ4v) is 2.46. The lowest BCUT2D eigenvalue weighted by atomic mass is 10.0. The van der Waals surface area contributed by atoms with E-state index in [0.29, 0.717) is 17.9 Å². The van der Waals surface area contributed by atoms with Crippen LogP contribution in [0.25, 0.3) is 0 Å². The summed E-state index contributed by atoms with van der Waals surface area (Å²) >= 11 is 7.30. The molecule has 0 radical (unpaired) electrons. The van der Waals surface area contributed by atoms with Crippen LogP contribution in [0.1, 0.15) is 25.1 Å². The minimum absolute atomic E-state index is 0.139. The van der Waals surface area contributed by atoms with E-state index < -0.39 is 11.9 Å². The van der Waals surface area contributed by atoms with Gasteiger partial charge in [-0.05, 0) is 26.3 Å². The molecule has 0 aliphatic heterocycles. The van der Waals surface area contributed by atoms with Crippen LogP contribution in [-0.4, -0.2) is 23.0 Å². The van der Waals surface area contributed by atoms with Crippen molar-refractivity contribution >= 4 is 34.8 Å². The normalized spacial score (nSPS) is 13.9. The van der Waals surface area contributed by atoms with Crippen LogP contribution in [0, 0.1) is 5.92 Å². The molecule has 100 valence electrons. The number of aliphatic carboxylic acids is 1. The highest BCUT2D eigenvalue weighted by molar-refractivity contribution is 7.10. The molecule has 0 aliphatic carbocycles. The summed E-state index contributed by atoms with van der Waals surface area (Å²) in [5.41, 5.74) is 0. The molecule has 1 rings (SSSR count). The van der Waals surface area contributed by atoms with Crippen LogP contribution in [0.4, 0.5) is 0 Å². The Morgan fingerprint density at radius 2 is 2.17 bits per heavy atom. The second-order valence-electron chi connectivity index (χ2n) is 4.21. The van der Waals surface area contributed by atoms with Gasteiger partial charge in [-0.1, -0.05) is 11.6 Å². The van der Waals surface area contributed by atoms with Crippen molar-refractivity contribution in [1.82, 2.24) is 5.32 Å². The van der Waals surface area contributed by atoms with Gasteiger partial charge in [-0.25, -0.2) is 0 Å². The second-order valence-corrected chi connectivity index (χ2v) is 5.65. The first-order chi connectivity index (χ1) is 8.40. The highest BCUT2D eigenvalue weighted by Gasteiger charge is 2.20. The third-order valence-electron chi connectivity index (χ3n) is 2.75. The van der Waals surface area contributed by atoms with Gasteiger partial charge in [-0.3, -0.25) is 9.59 Å². The standard InChI is InChI=1S/C12H16ClNO3S/c1-7(12(16)17)8(2)14-11(15)4-3-10-5-9(13)6-18-10/h5-8H,3-4H2,1-2H3,(H,14,15)(H,16,17). The number of halogens is 1. The molecule has 2 unspecified atom stereocenters. The zero-order valence-corrected chi connectivity index (χ0v) is 11.8. The topological polar surface area (TPSA) is 66.4 Å².